The molecular weight excluding hydrogens is 502 g/mol. The predicted octanol–water partition coefficient (Wildman–Crippen LogP) is 5.51. The molecule has 10 nitrogen and oxygen atoms in total. The number of nitrogens with one attached hydrogen (secondary N) is 1. The van der Waals surface area contributed by atoms with Crippen molar-refractivity contribution in [3.63, 3.8) is 0 Å². The minimum atomic E-state index is -1.13. The summed E-state index contributed by atoms with van der Waals surface area (Å²) in [6, 6.07) is 15.3. The third-order valence-electron chi connectivity index (χ3n) is 5.96. The molecule has 2 heterocycles. The summed E-state index contributed by atoms with van der Waals surface area (Å²) in [6.45, 7) is 4.89. The highest BCUT2D eigenvalue weighted by Crippen LogP contribution is 2.34. The SMILES string of the molecule is CCOc1cc(C2CCCN(C(=O)c3sc(-c4ccc(N=NC(C#N)C#N)cc4)nc3C)N2)ccc1OC. The van der Waals surface area contributed by atoms with E-state index < -0.39 is 6.04 Å². The van der Waals surface area contributed by atoms with Gasteiger partial charge in [0.25, 0.3) is 5.91 Å². The Morgan fingerprint density at radius 2 is 2.00 bits per heavy atom. The zero-order valence-corrected chi connectivity index (χ0v) is 22.2. The fraction of sp³-hybridized carbons (Fsp3) is 0.333. The molecule has 1 aromatic heterocycles. The normalized spacial score (nSPS) is 15.3. The van der Waals surface area contributed by atoms with Crippen molar-refractivity contribution in [2.24, 2.45) is 10.2 Å². The van der Waals surface area contributed by atoms with Crippen LogP contribution >= 0.6 is 11.3 Å². The van der Waals surface area contributed by atoms with Gasteiger partial charge in [0.2, 0.25) is 6.04 Å². The van der Waals surface area contributed by atoms with Crippen molar-refractivity contribution in [3.8, 4) is 34.2 Å². The topological polar surface area (TPSA) is 136 Å². The first-order valence-electron chi connectivity index (χ1n) is 12.1. The minimum Gasteiger partial charge on any atom is -0.493 e. The van der Waals surface area contributed by atoms with E-state index in [1.165, 1.54) is 11.3 Å². The van der Waals surface area contributed by atoms with Crippen LogP contribution in [0.4, 0.5) is 5.69 Å². The highest BCUT2D eigenvalue weighted by Gasteiger charge is 2.28. The number of hydrazine groups is 1. The molecule has 0 radical (unpaired) electrons. The number of thiazole rings is 1. The number of methoxy groups -OCH3 is 1. The second-order valence-corrected chi connectivity index (χ2v) is 9.48. The van der Waals surface area contributed by atoms with Crippen LogP contribution in [0.15, 0.2) is 52.7 Å². The molecule has 1 aliphatic heterocycles. The lowest BCUT2D eigenvalue weighted by atomic mass is 10.00. The van der Waals surface area contributed by atoms with Crippen molar-refractivity contribution in [3.05, 3.63) is 58.6 Å². The van der Waals surface area contributed by atoms with Crippen LogP contribution in [0.1, 0.15) is 46.7 Å². The van der Waals surface area contributed by atoms with E-state index in [0.29, 0.717) is 45.9 Å². The molecule has 3 aromatic rings. The predicted molar refractivity (Wildman–Crippen MR) is 142 cm³/mol. The van der Waals surface area contributed by atoms with E-state index >= 15 is 0 Å². The third kappa shape index (κ3) is 5.97. The minimum absolute atomic E-state index is 0.0334. The molecule has 38 heavy (non-hydrogen) atoms. The van der Waals surface area contributed by atoms with E-state index in [0.717, 1.165) is 24.0 Å². The lowest BCUT2D eigenvalue weighted by Crippen LogP contribution is -2.48. The number of azo groups is 1. The van der Waals surface area contributed by atoms with Gasteiger partial charge < -0.3 is 9.47 Å². The van der Waals surface area contributed by atoms with Crippen molar-refractivity contribution >= 4 is 22.9 Å². The maximum absolute atomic E-state index is 13.5. The van der Waals surface area contributed by atoms with Crippen molar-refractivity contribution in [1.29, 1.82) is 10.5 Å². The first kappa shape index (κ1) is 26.7. The van der Waals surface area contributed by atoms with Gasteiger partial charge in [-0.2, -0.15) is 20.8 Å². The standard InChI is InChI=1S/C27H27N7O3S/c1-4-37-24-14-19(9-12-23(24)36-3)22-6-5-13-34(33-22)27(35)25-17(2)30-26(38-25)18-7-10-20(11-8-18)31-32-21(15-28)16-29/h7-12,14,21-22,33H,4-6,13H2,1-3H3. The summed E-state index contributed by atoms with van der Waals surface area (Å²) in [5.41, 5.74) is 6.43. The number of carbonyl (C=O) groups excluding carboxylic acids is 1. The molecule has 194 valence electrons. The Kier molecular flexibility index (Phi) is 8.64. The molecule has 1 saturated heterocycles. The van der Waals surface area contributed by atoms with Crippen molar-refractivity contribution in [2.45, 2.75) is 38.8 Å². The number of carbonyl (C=O) groups is 1. The molecule has 11 heteroatoms. The van der Waals surface area contributed by atoms with Gasteiger partial charge in [-0.1, -0.05) is 6.07 Å². The van der Waals surface area contributed by atoms with Gasteiger partial charge in [-0.05, 0) is 68.7 Å². The number of ether oxygens (including phenoxy) is 2. The molecule has 0 saturated carbocycles. The van der Waals surface area contributed by atoms with Crippen LogP contribution in [-0.4, -0.2) is 42.2 Å². The molecule has 1 N–H and O–H groups in total. The van der Waals surface area contributed by atoms with Gasteiger partial charge in [0.1, 0.15) is 22.0 Å². The van der Waals surface area contributed by atoms with E-state index in [2.05, 4.69) is 20.6 Å². The molecule has 1 fully saturated rings. The molecule has 1 atom stereocenters. The quantitative estimate of drug-likeness (QED) is 0.380. The number of aromatic nitrogens is 1. The Bertz CT molecular complexity index is 1390. The van der Waals surface area contributed by atoms with Crippen LogP contribution in [0.2, 0.25) is 0 Å². The van der Waals surface area contributed by atoms with Crippen LogP contribution in [0, 0.1) is 29.6 Å². The number of hydrogen-bond acceptors (Lipinski definition) is 10. The maximum atomic E-state index is 13.5. The molecular formula is C27H27N7O3S. The first-order valence-corrected chi connectivity index (χ1v) is 13.0. The van der Waals surface area contributed by atoms with Crippen LogP contribution in [0.3, 0.4) is 0 Å². The Labute approximate surface area is 225 Å². The van der Waals surface area contributed by atoms with Crippen LogP contribution in [-0.2, 0) is 0 Å². The number of benzene rings is 2. The number of aryl methyl sites for hydroxylation is 1. The third-order valence-corrected chi connectivity index (χ3v) is 7.15. The summed E-state index contributed by atoms with van der Waals surface area (Å²) in [7, 11) is 1.61. The second-order valence-electron chi connectivity index (χ2n) is 8.48. The van der Waals surface area contributed by atoms with E-state index in [1.54, 1.807) is 36.4 Å². The Morgan fingerprint density at radius 3 is 2.68 bits per heavy atom. The van der Waals surface area contributed by atoms with Gasteiger partial charge in [0.15, 0.2) is 11.5 Å². The van der Waals surface area contributed by atoms with Crippen molar-refractivity contribution in [2.75, 3.05) is 20.3 Å². The van der Waals surface area contributed by atoms with Crippen molar-refractivity contribution < 1.29 is 14.3 Å². The Morgan fingerprint density at radius 1 is 1.24 bits per heavy atom. The molecule has 1 amide bonds. The van der Waals surface area contributed by atoms with Crippen molar-refractivity contribution in [1.82, 2.24) is 15.4 Å². The first-order chi connectivity index (χ1) is 18.5. The fourth-order valence-electron chi connectivity index (χ4n) is 4.07. The maximum Gasteiger partial charge on any atom is 0.279 e. The smallest absolute Gasteiger partial charge is 0.279 e. The summed E-state index contributed by atoms with van der Waals surface area (Å²) >= 11 is 1.34. The summed E-state index contributed by atoms with van der Waals surface area (Å²) in [6.07, 6.45) is 1.75. The fourth-order valence-corrected chi connectivity index (χ4v) is 5.09. The van der Waals surface area contributed by atoms with Crippen LogP contribution < -0.4 is 14.9 Å². The average Bonchev–Trinajstić information content (AvgIpc) is 3.35. The lowest BCUT2D eigenvalue weighted by molar-refractivity contribution is 0.0537. The highest BCUT2D eigenvalue weighted by atomic mass is 32.1. The zero-order chi connectivity index (χ0) is 27.1. The zero-order valence-electron chi connectivity index (χ0n) is 21.3. The number of amides is 1. The molecule has 0 aliphatic carbocycles. The Hall–Kier alpha value is -4.32. The van der Waals surface area contributed by atoms with Crippen LogP contribution in [0.5, 0.6) is 11.5 Å². The van der Waals surface area contributed by atoms with Gasteiger partial charge in [-0.3, -0.25) is 9.80 Å². The lowest BCUT2D eigenvalue weighted by Gasteiger charge is -2.34. The molecule has 1 unspecified atom stereocenters. The number of rotatable bonds is 8. The molecule has 0 spiro atoms. The molecule has 1 aliphatic rings. The van der Waals surface area contributed by atoms with E-state index in [1.807, 2.05) is 44.2 Å². The summed E-state index contributed by atoms with van der Waals surface area (Å²) in [5, 5.41) is 27.6. The molecule has 4 rings (SSSR count). The van der Waals surface area contributed by atoms with E-state index in [4.69, 9.17) is 20.0 Å². The molecule has 0 bridgehead atoms. The summed E-state index contributed by atoms with van der Waals surface area (Å²) < 4.78 is 11.1. The van der Waals surface area contributed by atoms with Gasteiger partial charge in [0.05, 0.1) is 31.1 Å². The number of hydrogen-bond donors (Lipinski definition) is 1. The highest BCUT2D eigenvalue weighted by molar-refractivity contribution is 7.17. The van der Waals surface area contributed by atoms with Crippen LogP contribution in [0.25, 0.3) is 10.6 Å². The van der Waals surface area contributed by atoms with Gasteiger partial charge in [0, 0.05) is 12.1 Å². The van der Waals surface area contributed by atoms with Gasteiger partial charge in [-0.25, -0.2) is 10.4 Å². The van der Waals surface area contributed by atoms with Gasteiger partial charge >= 0.3 is 0 Å². The van der Waals surface area contributed by atoms with E-state index in [-0.39, 0.29) is 11.9 Å². The monoisotopic (exact) mass is 529 g/mol. The Balaban J connectivity index is 1.48. The number of nitriles is 2. The molecule has 2 aromatic carbocycles. The summed E-state index contributed by atoms with van der Waals surface area (Å²) in [5.74, 6) is 1.25. The average molecular weight is 530 g/mol. The van der Waals surface area contributed by atoms with Gasteiger partial charge in [-0.15, -0.1) is 11.3 Å². The number of nitrogens with zero attached hydrogens (tertiary/aromatic N) is 6. The van der Waals surface area contributed by atoms with E-state index in [9.17, 15) is 4.79 Å². The largest absolute Gasteiger partial charge is 0.493 e. The summed E-state index contributed by atoms with van der Waals surface area (Å²) in [4.78, 5) is 18.7. The second kappa shape index (κ2) is 12.3.